The second-order valence-corrected chi connectivity index (χ2v) is 4.75. The van der Waals surface area contributed by atoms with E-state index in [1.165, 1.54) is 5.56 Å². The van der Waals surface area contributed by atoms with Crippen molar-refractivity contribution in [3.05, 3.63) is 35.9 Å². The lowest BCUT2D eigenvalue weighted by Crippen LogP contribution is -2.49. The molecule has 0 saturated carbocycles. The number of aliphatic hydroxyl groups excluding tert-OH is 1. The topological polar surface area (TPSA) is 58.3 Å². The Balaban J connectivity index is 2.40. The number of hydrogen-bond acceptors (Lipinski definition) is 3. The Labute approximate surface area is 104 Å². The molecule has 0 saturated heterocycles. The number of nitrogens with one attached hydrogen (secondary N) is 1. The third-order valence-electron chi connectivity index (χ3n) is 3.15. The molecule has 1 rings (SSSR count). The van der Waals surface area contributed by atoms with Gasteiger partial charge in [-0.05, 0) is 38.3 Å². The van der Waals surface area contributed by atoms with Gasteiger partial charge in [0.05, 0.1) is 0 Å². The van der Waals surface area contributed by atoms with E-state index in [-0.39, 0.29) is 12.1 Å². The first kappa shape index (κ1) is 14.2. The minimum atomic E-state index is -0.0367. The van der Waals surface area contributed by atoms with Gasteiger partial charge in [0.2, 0.25) is 0 Å². The molecule has 0 amide bonds. The van der Waals surface area contributed by atoms with Gasteiger partial charge in [0.15, 0.2) is 0 Å². The number of benzene rings is 1. The second kappa shape index (κ2) is 7.43. The maximum atomic E-state index is 8.77. The molecule has 0 radical (unpaired) electrons. The Kier molecular flexibility index (Phi) is 6.19. The van der Waals surface area contributed by atoms with E-state index in [1.807, 2.05) is 6.07 Å². The highest BCUT2D eigenvalue weighted by Crippen LogP contribution is 2.13. The van der Waals surface area contributed by atoms with Gasteiger partial charge in [0.1, 0.15) is 0 Å². The smallest absolute Gasteiger partial charge is 0.0443 e. The summed E-state index contributed by atoms with van der Waals surface area (Å²) in [5, 5.41) is 12.2. The van der Waals surface area contributed by atoms with E-state index >= 15 is 0 Å². The molecule has 3 heteroatoms. The molecule has 0 bridgehead atoms. The van der Waals surface area contributed by atoms with Gasteiger partial charge in [-0.3, -0.25) is 0 Å². The van der Waals surface area contributed by atoms with Crippen LogP contribution in [0.5, 0.6) is 0 Å². The van der Waals surface area contributed by atoms with Crippen LogP contribution in [0.25, 0.3) is 0 Å². The fourth-order valence-corrected chi connectivity index (χ4v) is 1.80. The Morgan fingerprint density at radius 1 is 1.29 bits per heavy atom. The SMILES string of the molecule is CC(CN)(CCc1ccccc1)NCCCO. The summed E-state index contributed by atoms with van der Waals surface area (Å²) < 4.78 is 0. The maximum absolute atomic E-state index is 8.77. The van der Waals surface area contributed by atoms with Gasteiger partial charge < -0.3 is 16.2 Å². The van der Waals surface area contributed by atoms with E-state index in [4.69, 9.17) is 10.8 Å². The molecule has 0 heterocycles. The predicted molar refractivity (Wildman–Crippen MR) is 71.9 cm³/mol. The summed E-state index contributed by atoms with van der Waals surface area (Å²) in [6, 6.07) is 10.4. The molecule has 4 N–H and O–H groups in total. The van der Waals surface area contributed by atoms with Crippen molar-refractivity contribution >= 4 is 0 Å². The summed E-state index contributed by atoms with van der Waals surface area (Å²) in [4.78, 5) is 0. The van der Waals surface area contributed by atoms with Crippen molar-refractivity contribution in [1.82, 2.24) is 5.32 Å². The van der Waals surface area contributed by atoms with E-state index < -0.39 is 0 Å². The van der Waals surface area contributed by atoms with Gasteiger partial charge in [0.25, 0.3) is 0 Å². The highest BCUT2D eigenvalue weighted by atomic mass is 16.3. The van der Waals surface area contributed by atoms with Crippen molar-refractivity contribution in [3.63, 3.8) is 0 Å². The number of aryl methyl sites for hydroxylation is 1. The number of aliphatic hydroxyl groups is 1. The Morgan fingerprint density at radius 2 is 2.00 bits per heavy atom. The lowest BCUT2D eigenvalue weighted by molar-refractivity contribution is 0.268. The van der Waals surface area contributed by atoms with E-state index in [0.717, 1.165) is 25.8 Å². The third kappa shape index (κ3) is 5.31. The summed E-state index contributed by atoms with van der Waals surface area (Å²) in [5.74, 6) is 0. The van der Waals surface area contributed by atoms with Crippen LogP contribution in [0, 0.1) is 0 Å². The largest absolute Gasteiger partial charge is 0.396 e. The summed E-state index contributed by atoms with van der Waals surface area (Å²) in [5.41, 5.74) is 7.14. The molecular weight excluding hydrogens is 212 g/mol. The molecule has 1 aromatic rings. The van der Waals surface area contributed by atoms with Gasteiger partial charge in [-0.15, -0.1) is 0 Å². The van der Waals surface area contributed by atoms with Crippen LogP contribution >= 0.6 is 0 Å². The molecule has 0 aliphatic carbocycles. The van der Waals surface area contributed by atoms with Crippen LogP contribution < -0.4 is 11.1 Å². The first-order chi connectivity index (χ1) is 8.20. The van der Waals surface area contributed by atoms with Gasteiger partial charge >= 0.3 is 0 Å². The number of hydrogen-bond donors (Lipinski definition) is 3. The number of rotatable bonds is 8. The number of nitrogens with two attached hydrogens (primary N) is 1. The fraction of sp³-hybridized carbons (Fsp3) is 0.571. The first-order valence-electron chi connectivity index (χ1n) is 6.30. The molecule has 17 heavy (non-hydrogen) atoms. The van der Waals surface area contributed by atoms with Crippen molar-refractivity contribution in [2.45, 2.75) is 31.7 Å². The lowest BCUT2D eigenvalue weighted by atomic mass is 9.93. The minimum Gasteiger partial charge on any atom is -0.396 e. The maximum Gasteiger partial charge on any atom is 0.0443 e. The molecule has 0 spiro atoms. The van der Waals surface area contributed by atoms with E-state index in [9.17, 15) is 0 Å². The Bertz CT molecular complexity index is 302. The van der Waals surface area contributed by atoms with Crippen molar-refractivity contribution in [3.8, 4) is 0 Å². The Hall–Kier alpha value is -0.900. The Morgan fingerprint density at radius 3 is 2.59 bits per heavy atom. The van der Waals surface area contributed by atoms with Crippen LogP contribution in [0.4, 0.5) is 0 Å². The zero-order valence-corrected chi connectivity index (χ0v) is 10.7. The average Bonchev–Trinajstić information content (AvgIpc) is 2.38. The molecule has 0 aliphatic rings. The lowest BCUT2D eigenvalue weighted by Gasteiger charge is -2.29. The van der Waals surface area contributed by atoms with Crippen molar-refractivity contribution in [2.24, 2.45) is 5.73 Å². The van der Waals surface area contributed by atoms with E-state index in [0.29, 0.717) is 6.54 Å². The predicted octanol–water partition coefficient (Wildman–Crippen LogP) is 1.31. The zero-order valence-electron chi connectivity index (χ0n) is 10.7. The van der Waals surface area contributed by atoms with Gasteiger partial charge in [-0.1, -0.05) is 30.3 Å². The third-order valence-corrected chi connectivity index (χ3v) is 3.15. The highest BCUT2D eigenvalue weighted by Gasteiger charge is 2.20. The average molecular weight is 236 g/mol. The molecule has 0 aromatic heterocycles. The van der Waals surface area contributed by atoms with Crippen LogP contribution in [0.15, 0.2) is 30.3 Å². The summed E-state index contributed by atoms with van der Waals surface area (Å²) in [7, 11) is 0. The molecule has 0 fully saturated rings. The summed E-state index contributed by atoms with van der Waals surface area (Å²) in [6.45, 7) is 3.81. The molecule has 1 aromatic carbocycles. The van der Waals surface area contributed by atoms with Crippen LogP contribution in [0.1, 0.15) is 25.3 Å². The molecule has 1 unspecified atom stereocenters. The van der Waals surface area contributed by atoms with E-state index in [2.05, 4.69) is 36.5 Å². The minimum absolute atomic E-state index is 0.0367. The van der Waals surface area contributed by atoms with Crippen LogP contribution in [0.2, 0.25) is 0 Å². The van der Waals surface area contributed by atoms with Crippen molar-refractivity contribution in [1.29, 1.82) is 0 Å². The van der Waals surface area contributed by atoms with Gasteiger partial charge in [0, 0.05) is 18.7 Å². The zero-order chi connectivity index (χ0) is 12.6. The molecule has 0 aliphatic heterocycles. The van der Waals surface area contributed by atoms with Crippen molar-refractivity contribution < 1.29 is 5.11 Å². The normalized spacial score (nSPS) is 14.5. The van der Waals surface area contributed by atoms with Crippen LogP contribution in [0.3, 0.4) is 0 Å². The quantitative estimate of drug-likeness (QED) is 0.596. The molecule has 96 valence electrons. The van der Waals surface area contributed by atoms with Crippen LogP contribution in [-0.2, 0) is 6.42 Å². The summed E-state index contributed by atoms with van der Waals surface area (Å²) in [6.07, 6.45) is 2.82. The fourth-order valence-electron chi connectivity index (χ4n) is 1.80. The van der Waals surface area contributed by atoms with Crippen molar-refractivity contribution in [2.75, 3.05) is 19.7 Å². The van der Waals surface area contributed by atoms with Gasteiger partial charge in [-0.25, -0.2) is 0 Å². The highest BCUT2D eigenvalue weighted by molar-refractivity contribution is 5.15. The first-order valence-corrected chi connectivity index (χ1v) is 6.30. The summed E-state index contributed by atoms with van der Waals surface area (Å²) >= 11 is 0. The monoisotopic (exact) mass is 236 g/mol. The van der Waals surface area contributed by atoms with Gasteiger partial charge in [-0.2, -0.15) is 0 Å². The molecule has 1 atom stereocenters. The second-order valence-electron chi connectivity index (χ2n) is 4.75. The van der Waals surface area contributed by atoms with E-state index in [1.54, 1.807) is 0 Å². The standard InChI is InChI=1S/C14H24N2O/c1-14(12-15,16-10-5-11-17)9-8-13-6-3-2-4-7-13/h2-4,6-7,16-17H,5,8-12,15H2,1H3. The molecule has 3 nitrogen and oxygen atoms in total. The molecular formula is C14H24N2O. The van der Waals surface area contributed by atoms with Crippen LogP contribution in [-0.4, -0.2) is 30.3 Å².